The highest BCUT2D eigenvalue weighted by molar-refractivity contribution is 5.90. The molecule has 3 aromatic rings. The van der Waals surface area contributed by atoms with Crippen molar-refractivity contribution in [1.29, 1.82) is 0 Å². The van der Waals surface area contributed by atoms with Gasteiger partial charge in [0.2, 0.25) is 5.89 Å². The van der Waals surface area contributed by atoms with E-state index in [4.69, 9.17) is 9.15 Å². The van der Waals surface area contributed by atoms with Crippen LogP contribution < -0.4 is 10.1 Å². The number of urea groups is 1. The Morgan fingerprint density at radius 2 is 1.85 bits per heavy atom. The van der Waals surface area contributed by atoms with Crippen LogP contribution in [0.2, 0.25) is 0 Å². The zero-order valence-electron chi connectivity index (χ0n) is 15.9. The molecule has 0 aliphatic rings. The van der Waals surface area contributed by atoms with Crippen LogP contribution in [0.25, 0.3) is 11.5 Å². The van der Waals surface area contributed by atoms with Gasteiger partial charge in [-0.3, -0.25) is 0 Å². The van der Waals surface area contributed by atoms with Crippen LogP contribution in [-0.2, 0) is 6.54 Å². The van der Waals surface area contributed by atoms with Crippen molar-refractivity contribution in [2.24, 2.45) is 0 Å². The summed E-state index contributed by atoms with van der Waals surface area (Å²) in [6.07, 6.45) is 0. The molecule has 2 aromatic carbocycles. The van der Waals surface area contributed by atoms with E-state index in [2.05, 4.69) is 10.3 Å². The first-order valence-corrected chi connectivity index (χ1v) is 8.67. The number of para-hydroxylation sites is 2. The van der Waals surface area contributed by atoms with Crippen molar-refractivity contribution in [2.45, 2.75) is 20.4 Å². The third-order valence-electron chi connectivity index (χ3n) is 4.35. The lowest BCUT2D eigenvalue weighted by Gasteiger charge is -2.18. The number of anilines is 1. The largest absolute Gasteiger partial charge is 0.495 e. The Bertz CT molecular complexity index is 949. The predicted octanol–water partition coefficient (Wildman–Crippen LogP) is 4.63. The van der Waals surface area contributed by atoms with Gasteiger partial charge < -0.3 is 19.4 Å². The Balaban J connectivity index is 1.73. The molecule has 0 atom stereocenters. The fourth-order valence-electron chi connectivity index (χ4n) is 2.76. The van der Waals surface area contributed by atoms with Gasteiger partial charge >= 0.3 is 6.03 Å². The van der Waals surface area contributed by atoms with E-state index in [1.807, 2.05) is 50.2 Å². The van der Waals surface area contributed by atoms with Crippen molar-refractivity contribution >= 4 is 11.7 Å². The number of carbonyl (C=O) groups is 1. The van der Waals surface area contributed by atoms with E-state index >= 15 is 0 Å². The summed E-state index contributed by atoms with van der Waals surface area (Å²) < 4.78 is 11.1. The zero-order chi connectivity index (χ0) is 19.4. The Kier molecular flexibility index (Phi) is 5.45. The highest BCUT2D eigenvalue weighted by Gasteiger charge is 2.17. The van der Waals surface area contributed by atoms with Crippen LogP contribution in [0.3, 0.4) is 0 Å². The van der Waals surface area contributed by atoms with Gasteiger partial charge in [-0.05, 0) is 37.6 Å². The number of hydrogen-bond acceptors (Lipinski definition) is 4. The van der Waals surface area contributed by atoms with E-state index in [9.17, 15) is 4.79 Å². The zero-order valence-corrected chi connectivity index (χ0v) is 15.9. The number of aromatic nitrogens is 1. The summed E-state index contributed by atoms with van der Waals surface area (Å²) >= 11 is 0. The molecule has 0 unspecified atom stereocenters. The monoisotopic (exact) mass is 365 g/mol. The fraction of sp³-hybridized carbons (Fsp3) is 0.238. The molecule has 6 heteroatoms. The normalized spacial score (nSPS) is 10.5. The minimum atomic E-state index is -0.251. The van der Waals surface area contributed by atoms with Gasteiger partial charge in [0.05, 0.1) is 19.3 Å². The summed E-state index contributed by atoms with van der Waals surface area (Å²) in [7, 11) is 3.28. The minimum Gasteiger partial charge on any atom is -0.495 e. The molecule has 1 heterocycles. The van der Waals surface area contributed by atoms with E-state index in [1.165, 1.54) is 0 Å². The molecule has 0 radical (unpaired) electrons. The van der Waals surface area contributed by atoms with E-state index in [0.717, 1.165) is 16.8 Å². The summed E-state index contributed by atoms with van der Waals surface area (Å²) in [5.74, 6) is 1.88. The van der Waals surface area contributed by atoms with Crippen molar-refractivity contribution in [3.8, 4) is 17.2 Å². The molecule has 0 aliphatic carbocycles. The van der Waals surface area contributed by atoms with E-state index in [1.54, 1.807) is 31.2 Å². The number of amides is 2. The number of ether oxygens (including phenoxy) is 1. The van der Waals surface area contributed by atoms with Crippen LogP contribution in [0.1, 0.15) is 17.0 Å². The minimum absolute atomic E-state index is 0.251. The first kappa shape index (κ1) is 18.5. The molecule has 3 rings (SSSR count). The number of aryl methyl sites for hydroxylation is 2. The molecule has 0 saturated heterocycles. The van der Waals surface area contributed by atoms with E-state index in [-0.39, 0.29) is 6.03 Å². The fourth-order valence-corrected chi connectivity index (χ4v) is 2.76. The summed E-state index contributed by atoms with van der Waals surface area (Å²) in [6.45, 7) is 4.21. The van der Waals surface area contributed by atoms with Gasteiger partial charge in [-0.2, -0.15) is 0 Å². The number of hydrogen-bond donors (Lipinski definition) is 1. The third-order valence-corrected chi connectivity index (χ3v) is 4.35. The van der Waals surface area contributed by atoms with Gasteiger partial charge in [0.15, 0.2) is 0 Å². The smallest absolute Gasteiger partial charge is 0.322 e. The number of rotatable bonds is 5. The van der Waals surface area contributed by atoms with Crippen LogP contribution in [0.5, 0.6) is 5.75 Å². The number of carbonyl (C=O) groups excluding carboxylic acids is 1. The predicted molar refractivity (Wildman–Crippen MR) is 105 cm³/mol. The summed E-state index contributed by atoms with van der Waals surface area (Å²) in [5.41, 5.74) is 3.39. The Morgan fingerprint density at radius 3 is 2.59 bits per heavy atom. The number of nitrogens with zero attached hydrogens (tertiary/aromatic N) is 2. The van der Waals surface area contributed by atoms with Gasteiger partial charge in [0.1, 0.15) is 17.2 Å². The molecular weight excluding hydrogens is 342 g/mol. The van der Waals surface area contributed by atoms with Gasteiger partial charge in [-0.1, -0.05) is 30.3 Å². The lowest BCUT2D eigenvalue weighted by molar-refractivity contribution is 0.220. The van der Waals surface area contributed by atoms with Gasteiger partial charge in [0, 0.05) is 12.6 Å². The number of benzene rings is 2. The second kappa shape index (κ2) is 7.95. The Hall–Kier alpha value is -3.28. The van der Waals surface area contributed by atoms with Crippen molar-refractivity contribution in [3.05, 3.63) is 65.5 Å². The van der Waals surface area contributed by atoms with Crippen LogP contribution in [0.15, 0.2) is 52.9 Å². The van der Waals surface area contributed by atoms with Crippen LogP contribution in [0.4, 0.5) is 10.5 Å². The first-order chi connectivity index (χ1) is 13.0. The van der Waals surface area contributed by atoms with Gasteiger partial charge in [0.25, 0.3) is 0 Å². The second-order valence-corrected chi connectivity index (χ2v) is 6.32. The molecular formula is C21H23N3O3. The number of methoxy groups -OCH3 is 1. The van der Waals surface area contributed by atoms with Gasteiger partial charge in [-0.25, -0.2) is 9.78 Å². The average molecular weight is 365 g/mol. The van der Waals surface area contributed by atoms with E-state index in [0.29, 0.717) is 29.6 Å². The molecule has 0 saturated carbocycles. The number of nitrogens with one attached hydrogen (secondary N) is 1. The molecule has 0 bridgehead atoms. The summed E-state index contributed by atoms with van der Waals surface area (Å²) in [4.78, 5) is 18.7. The molecule has 140 valence electrons. The second-order valence-electron chi connectivity index (χ2n) is 6.32. The Morgan fingerprint density at radius 1 is 1.15 bits per heavy atom. The standard InChI is InChI=1S/C21H23N3O3/c1-14-9-5-6-10-16(14)20-22-18(15(2)27-20)13-24(3)21(25)23-17-11-7-8-12-19(17)26-4/h5-12H,13H2,1-4H3,(H,23,25). The average Bonchev–Trinajstić information content (AvgIpc) is 3.02. The van der Waals surface area contributed by atoms with E-state index < -0.39 is 0 Å². The van der Waals surface area contributed by atoms with Crippen molar-refractivity contribution in [2.75, 3.05) is 19.5 Å². The lowest BCUT2D eigenvalue weighted by atomic mass is 10.1. The highest BCUT2D eigenvalue weighted by Crippen LogP contribution is 2.26. The van der Waals surface area contributed by atoms with Crippen LogP contribution in [0, 0.1) is 13.8 Å². The van der Waals surface area contributed by atoms with Crippen molar-refractivity contribution in [3.63, 3.8) is 0 Å². The molecule has 6 nitrogen and oxygen atoms in total. The maximum atomic E-state index is 12.5. The number of oxazole rings is 1. The molecule has 0 fully saturated rings. The summed E-state index contributed by atoms with van der Waals surface area (Å²) in [6, 6.07) is 15.0. The SMILES string of the molecule is COc1ccccc1NC(=O)N(C)Cc1nc(-c2ccccc2C)oc1C. The van der Waals surface area contributed by atoms with Gasteiger partial charge in [-0.15, -0.1) is 0 Å². The topological polar surface area (TPSA) is 67.6 Å². The first-order valence-electron chi connectivity index (χ1n) is 8.67. The van der Waals surface area contributed by atoms with Crippen LogP contribution in [-0.4, -0.2) is 30.1 Å². The molecule has 0 aliphatic heterocycles. The highest BCUT2D eigenvalue weighted by atomic mass is 16.5. The molecule has 0 spiro atoms. The van der Waals surface area contributed by atoms with Crippen LogP contribution >= 0.6 is 0 Å². The van der Waals surface area contributed by atoms with Crippen molar-refractivity contribution in [1.82, 2.24) is 9.88 Å². The maximum absolute atomic E-state index is 12.5. The Labute approximate surface area is 158 Å². The maximum Gasteiger partial charge on any atom is 0.322 e. The third kappa shape index (κ3) is 4.11. The molecule has 1 aromatic heterocycles. The van der Waals surface area contributed by atoms with Crippen molar-refractivity contribution < 1.29 is 13.9 Å². The molecule has 2 amide bonds. The summed E-state index contributed by atoms with van der Waals surface area (Å²) in [5, 5.41) is 2.85. The lowest BCUT2D eigenvalue weighted by Crippen LogP contribution is -2.31. The molecule has 27 heavy (non-hydrogen) atoms. The molecule has 1 N–H and O–H groups in total. The quantitative estimate of drug-likeness (QED) is 0.716.